The number of rotatable bonds is 4. The monoisotopic (exact) mass is 436 g/mol. The summed E-state index contributed by atoms with van der Waals surface area (Å²) in [5.74, 6) is -0.807. The van der Waals surface area contributed by atoms with Crippen LogP contribution < -0.4 is 5.32 Å². The molecule has 0 saturated carbocycles. The minimum Gasteiger partial charge on any atom is -0.369 e. The summed E-state index contributed by atoms with van der Waals surface area (Å²) < 4.78 is 21.5. The highest BCUT2D eigenvalue weighted by Gasteiger charge is 2.53. The molecule has 152 valence electrons. The largest absolute Gasteiger partial charge is 0.369 e. The molecule has 2 heterocycles. The lowest BCUT2D eigenvalue weighted by atomic mass is 9.70. The number of halogens is 3. The summed E-state index contributed by atoms with van der Waals surface area (Å²) in [4.78, 5) is 29.2. The first kappa shape index (κ1) is 20.3. The molecule has 1 spiro atoms. The quantitative estimate of drug-likeness (QED) is 0.788. The average Bonchev–Trinajstić information content (AvgIpc) is 2.70. The Bertz CT molecular complexity index is 986. The normalized spacial score (nSPS) is 26.1. The van der Waals surface area contributed by atoms with E-state index < -0.39 is 17.0 Å². The van der Waals surface area contributed by atoms with Crippen molar-refractivity contribution in [3.63, 3.8) is 0 Å². The molecule has 0 radical (unpaired) electrons. The number of alkyl halides is 1. The van der Waals surface area contributed by atoms with E-state index in [2.05, 4.69) is 10.3 Å². The zero-order valence-corrected chi connectivity index (χ0v) is 17.0. The number of hydrogen-bond acceptors (Lipinski definition) is 4. The zero-order chi connectivity index (χ0) is 20.6. The molecule has 8 heteroatoms. The molecule has 1 aromatic heterocycles. The number of Topliss-reactive ketones (excluding diaryl/α,β-unsaturated/α-hetero) is 1. The summed E-state index contributed by atoms with van der Waals surface area (Å²) in [5.41, 5.74) is -1.78. The van der Waals surface area contributed by atoms with Gasteiger partial charge in [0.2, 0.25) is 5.91 Å². The smallest absolute Gasteiger partial charge is 0.246 e. The second-order valence-corrected chi connectivity index (χ2v) is 8.33. The van der Waals surface area contributed by atoms with Gasteiger partial charge in [-0.1, -0.05) is 35.3 Å². The van der Waals surface area contributed by atoms with Crippen LogP contribution in [-0.4, -0.2) is 29.9 Å². The maximum Gasteiger partial charge on any atom is 0.246 e. The third kappa shape index (κ3) is 3.65. The lowest BCUT2D eigenvalue weighted by Gasteiger charge is -2.44. The highest BCUT2D eigenvalue weighted by Crippen LogP contribution is 2.47. The van der Waals surface area contributed by atoms with Crippen LogP contribution in [0.2, 0.25) is 10.0 Å². The van der Waals surface area contributed by atoms with Gasteiger partial charge in [0.15, 0.2) is 11.5 Å². The molecule has 0 unspecified atom stereocenters. The van der Waals surface area contributed by atoms with Crippen LogP contribution in [0.1, 0.15) is 36.1 Å². The van der Waals surface area contributed by atoms with Gasteiger partial charge in [0, 0.05) is 28.2 Å². The molecule has 1 aliphatic carbocycles. The van der Waals surface area contributed by atoms with E-state index in [4.69, 9.17) is 27.9 Å². The van der Waals surface area contributed by atoms with E-state index in [1.54, 1.807) is 30.3 Å². The van der Waals surface area contributed by atoms with Crippen LogP contribution in [0.3, 0.4) is 0 Å². The summed E-state index contributed by atoms with van der Waals surface area (Å²) in [6.45, 7) is 0.166. The third-order valence-corrected chi connectivity index (χ3v) is 6.21. The lowest BCUT2D eigenvalue weighted by molar-refractivity contribution is -0.139. The summed E-state index contributed by atoms with van der Waals surface area (Å²) in [5, 5.41) is 3.85. The van der Waals surface area contributed by atoms with Crippen molar-refractivity contribution in [2.45, 2.75) is 36.9 Å². The fourth-order valence-corrected chi connectivity index (χ4v) is 4.63. The number of fused-ring (bicyclic) bond motifs is 2. The molecule has 1 N–H and O–H groups in total. The molecule has 5 nitrogen and oxygen atoms in total. The first-order chi connectivity index (χ1) is 13.8. The van der Waals surface area contributed by atoms with Gasteiger partial charge in [0.05, 0.1) is 12.3 Å². The maximum absolute atomic E-state index is 16.1. The van der Waals surface area contributed by atoms with Crippen molar-refractivity contribution in [2.75, 3.05) is 13.2 Å². The fraction of sp³-hybridized carbons (Fsp3) is 0.381. The van der Waals surface area contributed by atoms with Gasteiger partial charge >= 0.3 is 0 Å². The number of aryl methyl sites for hydroxylation is 1. The van der Waals surface area contributed by atoms with Gasteiger partial charge in [-0.2, -0.15) is 0 Å². The molecule has 1 saturated heterocycles. The minimum atomic E-state index is -2.17. The molecular formula is C21H19Cl2FN2O3. The highest BCUT2D eigenvalue weighted by atomic mass is 35.5. The van der Waals surface area contributed by atoms with Crippen molar-refractivity contribution in [3.05, 3.63) is 63.4 Å². The Kier molecular flexibility index (Phi) is 5.36. The molecule has 2 aromatic rings. The number of benzene rings is 1. The van der Waals surface area contributed by atoms with Gasteiger partial charge in [-0.15, -0.1) is 0 Å². The van der Waals surface area contributed by atoms with Gasteiger partial charge in [-0.3, -0.25) is 14.6 Å². The van der Waals surface area contributed by atoms with E-state index >= 15 is 4.39 Å². The molecule has 1 fully saturated rings. The van der Waals surface area contributed by atoms with E-state index in [1.807, 2.05) is 0 Å². The predicted octanol–water partition coefficient (Wildman–Crippen LogP) is 3.89. The van der Waals surface area contributed by atoms with Gasteiger partial charge in [-0.05, 0) is 43.0 Å². The number of carbonyl (C=O) groups excluding carboxylic acids is 2. The van der Waals surface area contributed by atoms with E-state index in [1.165, 1.54) is 6.20 Å². The number of nitrogens with one attached hydrogen (secondary N) is 1. The van der Waals surface area contributed by atoms with E-state index in [-0.39, 0.29) is 43.9 Å². The predicted molar refractivity (Wildman–Crippen MR) is 107 cm³/mol. The van der Waals surface area contributed by atoms with Crippen LogP contribution in [0.4, 0.5) is 4.39 Å². The van der Waals surface area contributed by atoms with Crippen molar-refractivity contribution in [1.29, 1.82) is 0 Å². The Morgan fingerprint density at radius 3 is 2.86 bits per heavy atom. The van der Waals surface area contributed by atoms with Crippen LogP contribution >= 0.6 is 23.2 Å². The Hall–Kier alpha value is -2.02. The third-order valence-electron chi connectivity index (χ3n) is 5.62. The van der Waals surface area contributed by atoms with Crippen LogP contribution in [0.25, 0.3) is 0 Å². The van der Waals surface area contributed by atoms with Crippen molar-refractivity contribution >= 4 is 34.9 Å². The number of ketones is 1. The molecular weight excluding hydrogens is 418 g/mol. The van der Waals surface area contributed by atoms with Gasteiger partial charge in [-0.25, -0.2) is 4.39 Å². The molecule has 29 heavy (non-hydrogen) atoms. The Balaban J connectivity index is 1.61. The van der Waals surface area contributed by atoms with Gasteiger partial charge < -0.3 is 10.1 Å². The summed E-state index contributed by atoms with van der Waals surface area (Å²) in [6, 6.07) is 8.19. The van der Waals surface area contributed by atoms with E-state index in [0.717, 1.165) is 5.56 Å². The van der Waals surface area contributed by atoms with Crippen LogP contribution in [0.15, 0.2) is 36.5 Å². The standard InChI is InChI=1S/C21H19Cl2FN2O3/c22-14-5-3-13(16(23)10-14)4-6-17(27)21(24)8-7-20(12-29-11-18(28)26-20)19-15(21)2-1-9-25-19/h1-3,5,9-10H,4,6-8,11-12H2,(H,26,28)/t20-,21+/m1/s1. The zero-order valence-electron chi connectivity index (χ0n) is 15.5. The van der Waals surface area contributed by atoms with Gasteiger partial charge in [0.25, 0.3) is 0 Å². The molecule has 2 aliphatic rings. The van der Waals surface area contributed by atoms with Crippen molar-refractivity contribution < 1.29 is 18.7 Å². The van der Waals surface area contributed by atoms with E-state index in [9.17, 15) is 9.59 Å². The van der Waals surface area contributed by atoms with Gasteiger partial charge in [0.1, 0.15) is 12.1 Å². The first-order valence-corrected chi connectivity index (χ1v) is 10.1. The van der Waals surface area contributed by atoms with Crippen molar-refractivity contribution in [3.8, 4) is 0 Å². The van der Waals surface area contributed by atoms with Crippen molar-refractivity contribution in [1.82, 2.24) is 10.3 Å². The average molecular weight is 437 g/mol. The Labute approximate surface area is 177 Å². The maximum atomic E-state index is 16.1. The molecule has 1 aliphatic heterocycles. The number of morpholine rings is 1. The molecule has 0 bridgehead atoms. The number of nitrogens with zero attached hydrogens (tertiary/aromatic N) is 1. The van der Waals surface area contributed by atoms with Crippen LogP contribution in [0, 0.1) is 0 Å². The number of carbonyl (C=O) groups is 2. The number of amides is 1. The van der Waals surface area contributed by atoms with Crippen LogP contribution in [0.5, 0.6) is 0 Å². The number of pyridine rings is 1. The lowest BCUT2D eigenvalue weighted by Crippen LogP contribution is -2.59. The SMILES string of the molecule is O=C1COC[C@@]2(CC[C@@](F)(C(=O)CCc3ccc(Cl)cc3Cl)c3cccnc32)N1. The highest BCUT2D eigenvalue weighted by molar-refractivity contribution is 6.35. The summed E-state index contributed by atoms with van der Waals surface area (Å²) >= 11 is 12.1. The molecule has 1 aromatic carbocycles. The second kappa shape index (κ2) is 7.67. The molecule has 1 amide bonds. The first-order valence-electron chi connectivity index (χ1n) is 9.35. The Morgan fingerprint density at radius 1 is 1.28 bits per heavy atom. The number of hydrogen-bond donors (Lipinski definition) is 1. The fourth-order valence-electron chi connectivity index (χ4n) is 4.12. The summed E-state index contributed by atoms with van der Waals surface area (Å²) in [6.07, 6.45) is 2.00. The topological polar surface area (TPSA) is 68.3 Å². The van der Waals surface area contributed by atoms with Crippen LogP contribution in [-0.2, 0) is 32.0 Å². The molecule has 4 rings (SSSR count). The Morgan fingerprint density at radius 2 is 2.10 bits per heavy atom. The minimum absolute atomic E-state index is 0.0119. The number of aromatic nitrogens is 1. The molecule has 2 atom stereocenters. The second-order valence-electron chi connectivity index (χ2n) is 7.48. The number of ether oxygens (including phenoxy) is 1. The van der Waals surface area contributed by atoms with E-state index in [0.29, 0.717) is 22.2 Å². The summed E-state index contributed by atoms with van der Waals surface area (Å²) in [7, 11) is 0. The van der Waals surface area contributed by atoms with Crippen molar-refractivity contribution in [2.24, 2.45) is 0 Å².